The molecule has 1 amide bonds. The van der Waals surface area contributed by atoms with Gasteiger partial charge in [0.2, 0.25) is 5.91 Å². The molecule has 12 heavy (non-hydrogen) atoms. The van der Waals surface area contributed by atoms with Gasteiger partial charge < -0.3 is 10.7 Å². The molecule has 0 saturated carbocycles. The van der Waals surface area contributed by atoms with E-state index in [0.717, 1.165) is 19.3 Å². The van der Waals surface area contributed by atoms with Gasteiger partial charge in [-0.3, -0.25) is 4.79 Å². The molecule has 0 unspecified atom stereocenters. The van der Waals surface area contributed by atoms with Crippen molar-refractivity contribution in [3.8, 4) is 0 Å². The van der Waals surface area contributed by atoms with Gasteiger partial charge in [-0.15, -0.1) is 0 Å². The molecule has 0 atom stereocenters. The summed E-state index contributed by atoms with van der Waals surface area (Å²) in [5.74, 6) is -0.205. The van der Waals surface area contributed by atoms with Crippen LogP contribution in [0.15, 0.2) is 18.5 Å². The maximum absolute atomic E-state index is 10.4. The first-order valence-corrected chi connectivity index (χ1v) is 4.19. The first kappa shape index (κ1) is 8.84. The molecule has 0 aliphatic carbocycles. The Balaban J connectivity index is 2.07. The molecule has 1 rings (SSSR count). The van der Waals surface area contributed by atoms with E-state index in [1.165, 1.54) is 5.56 Å². The second kappa shape index (κ2) is 4.59. The lowest BCUT2D eigenvalue weighted by atomic mass is 10.1. The zero-order chi connectivity index (χ0) is 8.81. The summed E-state index contributed by atoms with van der Waals surface area (Å²) in [5, 5.41) is 0. The number of primary amides is 1. The molecule has 66 valence electrons. The minimum absolute atomic E-state index is 0.205. The molecule has 1 heterocycles. The number of nitrogens with two attached hydrogens (primary N) is 1. The van der Waals surface area contributed by atoms with Crippen LogP contribution in [0.1, 0.15) is 24.8 Å². The van der Waals surface area contributed by atoms with E-state index in [9.17, 15) is 4.79 Å². The van der Waals surface area contributed by atoms with E-state index >= 15 is 0 Å². The third kappa shape index (κ3) is 3.23. The van der Waals surface area contributed by atoms with Crippen molar-refractivity contribution in [2.24, 2.45) is 5.73 Å². The largest absolute Gasteiger partial charge is 0.370 e. The molecule has 0 saturated heterocycles. The molecule has 3 heteroatoms. The van der Waals surface area contributed by atoms with Crippen LogP contribution in [-0.2, 0) is 11.2 Å². The Morgan fingerprint density at radius 1 is 1.50 bits per heavy atom. The van der Waals surface area contributed by atoms with Crippen molar-refractivity contribution in [3.05, 3.63) is 24.0 Å². The van der Waals surface area contributed by atoms with Crippen molar-refractivity contribution in [1.82, 2.24) is 4.98 Å². The molecular weight excluding hydrogens is 152 g/mol. The van der Waals surface area contributed by atoms with Gasteiger partial charge in [-0.05, 0) is 30.9 Å². The Morgan fingerprint density at radius 2 is 2.33 bits per heavy atom. The van der Waals surface area contributed by atoms with Gasteiger partial charge in [-0.1, -0.05) is 0 Å². The quantitative estimate of drug-likeness (QED) is 0.635. The maximum atomic E-state index is 10.4. The molecule has 1 aromatic heterocycles. The summed E-state index contributed by atoms with van der Waals surface area (Å²) in [5.41, 5.74) is 6.30. The molecule has 0 spiro atoms. The lowest BCUT2D eigenvalue weighted by Gasteiger charge is -1.95. The Hall–Kier alpha value is -1.25. The van der Waals surface area contributed by atoms with Gasteiger partial charge in [0.15, 0.2) is 0 Å². The van der Waals surface area contributed by atoms with Crippen LogP contribution in [0.5, 0.6) is 0 Å². The fourth-order valence-corrected chi connectivity index (χ4v) is 1.14. The van der Waals surface area contributed by atoms with E-state index in [-0.39, 0.29) is 5.91 Å². The minimum Gasteiger partial charge on any atom is -0.370 e. The summed E-state index contributed by atoms with van der Waals surface area (Å²) < 4.78 is 0. The molecule has 0 aliphatic heterocycles. The molecule has 3 nitrogen and oxygen atoms in total. The van der Waals surface area contributed by atoms with Crippen LogP contribution in [0.4, 0.5) is 0 Å². The predicted molar refractivity (Wildman–Crippen MR) is 47.5 cm³/mol. The third-order valence-electron chi connectivity index (χ3n) is 1.80. The fourth-order valence-electron chi connectivity index (χ4n) is 1.14. The number of hydrogen-bond acceptors (Lipinski definition) is 1. The summed E-state index contributed by atoms with van der Waals surface area (Å²) in [7, 11) is 0. The van der Waals surface area contributed by atoms with Crippen molar-refractivity contribution in [3.63, 3.8) is 0 Å². The highest BCUT2D eigenvalue weighted by Crippen LogP contribution is 2.04. The van der Waals surface area contributed by atoms with Gasteiger partial charge >= 0.3 is 0 Å². The molecule has 3 N–H and O–H groups in total. The van der Waals surface area contributed by atoms with Gasteiger partial charge in [0.25, 0.3) is 0 Å². The van der Waals surface area contributed by atoms with Crippen LogP contribution in [-0.4, -0.2) is 10.9 Å². The SMILES string of the molecule is NC(=O)CCCCc1cc[nH]c1. The van der Waals surface area contributed by atoms with E-state index in [0.29, 0.717) is 6.42 Å². The smallest absolute Gasteiger partial charge is 0.217 e. The number of amides is 1. The van der Waals surface area contributed by atoms with Crippen LogP contribution in [0.2, 0.25) is 0 Å². The molecular formula is C9H14N2O. The van der Waals surface area contributed by atoms with Gasteiger partial charge in [0.1, 0.15) is 0 Å². The van der Waals surface area contributed by atoms with E-state index in [1.54, 1.807) is 0 Å². The lowest BCUT2D eigenvalue weighted by molar-refractivity contribution is -0.118. The highest BCUT2D eigenvalue weighted by Gasteiger charge is 1.95. The summed E-state index contributed by atoms with van der Waals surface area (Å²) in [4.78, 5) is 13.4. The third-order valence-corrected chi connectivity index (χ3v) is 1.80. The number of aryl methyl sites for hydroxylation is 1. The van der Waals surface area contributed by atoms with E-state index in [2.05, 4.69) is 4.98 Å². The molecule has 0 aromatic carbocycles. The summed E-state index contributed by atoms with van der Waals surface area (Å²) in [6, 6.07) is 2.05. The van der Waals surface area contributed by atoms with Crippen LogP contribution >= 0.6 is 0 Å². The van der Waals surface area contributed by atoms with Crippen molar-refractivity contribution in [2.75, 3.05) is 0 Å². The van der Waals surface area contributed by atoms with Crippen LogP contribution < -0.4 is 5.73 Å². The summed E-state index contributed by atoms with van der Waals surface area (Å²) in [6.45, 7) is 0. The van der Waals surface area contributed by atoms with Gasteiger partial charge in [-0.25, -0.2) is 0 Å². The van der Waals surface area contributed by atoms with E-state index < -0.39 is 0 Å². The topological polar surface area (TPSA) is 58.9 Å². The summed E-state index contributed by atoms with van der Waals surface area (Å²) in [6.07, 6.45) is 7.33. The number of carbonyl (C=O) groups excluding carboxylic acids is 1. The van der Waals surface area contributed by atoms with Gasteiger partial charge in [0, 0.05) is 18.8 Å². The first-order valence-electron chi connectivity index (χ1n) is 4.19. The average Bonchev–Trinajstić information content (AvgIpc) is 2.49. The number of aromatic nitrogens is 1. The Kier molecular flexibility index (Phi) is 3.38. The van der Waals surface area contributed by atoms with Gasteiger partial charge in [0.05, 0.1) is 0 Å². The van der Waals surface area contributed by atoms with Crippen LogP contribution in [0, 0.1) is 0 Å². The second-order valence-corrected chi connectivity index (χ2v) is 2.89. The number of H-pyrrole nitrogens is 1. The number of nitrogens with one attached hydrogen (secondary N) is 1. The standard InChI is InChI=1S/C9H14N2O/c10-9(12)4-2-1-3-8-5-6-11-7-8/h5-7,11H,1-4H2,(H2,10,12). The van der Waals surface area contributed by atoms with E-state index in [1.807, 2.05) is 18.5 Å². The van der Waals surface area contributed by atoms with Gasteiger partial charge in [-0.2, -0.15) is 0 Å². The zero-order valence-corrected chi connectivity index (χ0v) is 7.05. The monoisotopic (exact) mass is 166 g/mol. The highest BCUT2D eigenvalue weighted by molar-refractivity contribution is 5.73. The number of unbranched alkanes of at least 4 members (excludes halogenated alkanes) is 1. The summed E-state index contributed by atoms with van der Waals surface area (Å²) >= 11 is 0. The minimum atomic E-state index is -0.205. The fraction of sp³-hybridized carbons (Fsp3) is 0.444. The number of carbonyl (C=O) groups is 1. The first-order chi connectivity index (χ1) is 5.79. The maximum Gasteiger partial charge on any atom is 0.217 e. The number of hydrogen-bond donors (Lipinski definition) is 2. The second-order valence-electron chi connectivity index (χ2n) is 2.89. The molecule has 0 radical (unpaired) electrons. The predicted octanol–water partition coefficient (Wildman–Crippen LogP) is 1.21. The van der Waals surface area contributed by atoms with Crippen LogP contribution in [0.3, 0.4) is 0 Å². The molecule has 0 fully saturated rings. The normalized spacial score (nSPS) is 10.0. The number of rotatable bonds is 5. The lowest BCUT2D eigenvalue weighted by Crippen LogP contribution is -2.09. The van der Waals surface area contributed by atoms with E-state index in [4.69, 9.17) is 5.73 Å². The Labute approximate surface area is 72.0 Å². The van der Waals surface area contributed by atoms with Crippen molar-refractivity contribution in [2.45, 2.75) is 25.7 Å². The van der Waals surface area contributed by atoms with Crippen molar-refractivity contribution < 1.29 is 4.79 Å². The molecule has 1 aromatic rings. The van der Waals surface area contributed by atoms with Crippen LogP contribution in [0.25, 0.3) is 0 Å². The van der Waals surface area contributed by atoms with Crippen molar-refractivity contribution in [1.29, 1.82) is 0 Å². The van der Waals surface area contributed by atoms with Crippen molar-refractivity contribution >= 4 is 5.91 Å². The molecule has 0 aliphatic rings. The zero-order valence-electron chi connectivity index (χ0n) is 7.05. The Morgan fingerprint density at radius 3 is 2.92 bits per heavy atom. The average molecular weight is 166 g/mol. The highest BCUT2D eigenvalue weighted by atomic mass is 16.1. The Bertz CT molecular complexity index is 229. The molecule has 0 bridgehead atoms. The number of aromatic amines is 1.